The minimum Gasteiger partial charge on any atom is -0.507 e. The lowest BCUT2D eigenvalue weighted by atomic mass is 9.93. The number of aliphatic hydroxyl groups excluding tert-OH is 1. The molecule has 0 spiro atoms. The summed E-state index contributed by atoms with van der Waals surface area (Å²) in [5.74, 6) is -1.65. The van der Waals surface area contributed by atoms with Gasteiger partial charge in [-0.2, -0.15) is 0 Å². The zero-order valence-electron chi connectivity index (χ0n) is 17.2. The third kappa shape index (κ3) is 3.82. The molecule has 0 aliphatic carbocycles. The highest BCUT2D eigenvalue weighted by Gasteiger charge is 2.45. The second-order valence-electron chi connectivity index (χ2n) is 7.78. The maximum atomic E-state index is 13.7. The third-order valence-electron chi connectivity index (χ3n) is 5.35. The fourth-order valence-corrected chi connectivity index (χ4v) is 3.71. The number of likely N-dealkylation sites (tertiary alicyclic amines) is 1. The average molecular weight is 395 g/mol. The van der Waals surface area contributed by atoms with Crippen LogP contribution in [-0.4, -0.2) is 28.2 Å². The van der Waals surface area contributed by atoms with Gasteiger partial charge in [0, 0.05) is 12.1 Å². The van der Waals surface area contributed by atoms with Crippen molar-refractivity contribution in [3.8, 4) is 0 Å². The van der Waals surface area contributed by atoms with E-state index in [1.807, 2.05) is 31.2 Å². The van der Waals surface area contributed by atoms with Crippen LogP contribution in [0.5, 0.6) is 0 Å². The Morgan fingerprint density at radius 2 is 1.79 bits per heavy atom. The number of Topliss-reactive ketones (excluding diaryl/α,β-unsaturated/α-hetero) is 1. The number of hydrogen-bond acceptors (Lipinski definition) is 3. The van der Waals surface area contributed by atoms with Crippen LogP contribution in [0, 0.1) is 12.7 Å². The van der Waals surface area contributed by atoms with Gasteiger partial charge in [-0.25, -0.2) is 4.39 Å². The van der Waals surface area contributed by atoms with Gasteiger partial charge in [0.25, 0.3) is 11.7 Å². The molecule has 1 aliphatic rings. The Balaban J connectivity index is 2.17. The summed E-state index contributed by atoms with van der Waals surface area (Å²) in [4.78, 5) is 27.0. The second kappa shape index (κ2) is 8.19. The molecule has 2 aromatic rings. The third-order valence-corrected chi connectivity index (χ3v) is 5.35. The molecule has 4 nitrogen and oxygen atoms in total. The number of benzene rings is 2. The molecule has 1 saturated heterocycles. The van der Waals surface area contributed by atoms with Crippen molar-refractivity contribution in [3.05, 3.63) is 76.1 Å². The molecular weight excluding hydrogens is 369 g/mol. The number of carbonyl (C=O) groups is 2. The van der Waals surface area contributed by atoms with Crippen LogP contribution in [0.2, 0.25) is 0 Å². The highest BCUT2D eigenvalue weighted by atomic mass is 19.1. The largest absolute Gasteiger partial charge is 0.507 e. The summed E-state index contributed by atoms with van der Waals surface area (Å²) in [6.07, 6.45) is 0.684. The molecule has 1 atom stereocenters. The number of hydrogen-bond donors (Lipinski definition) is 1. The number of aryl methyl sites for hydroxylation is 1. The van der Waals surface area contributed by atoms with Crippen molar-refractivity contribution in [1.82, 2.24) is 4.90 Å². The highest BCUT2D eigenvalue weighted by molar-refractivity contribution is 6.46. The molecule has 1 heterocycles. The van der Waals surface area contributed by atoms with E-state index in [1.54, 1.807) is 6.92 Å². The lowest BCUT2D eigenvalue weighted by Gasteiger charge is -2.25. The minimum absolute atomic E-state index is 0.0479. The summed E-state index contributed by atoms with van der Waals surface area (Å²) in [5.41, 5.74) is 2.64. The molecule has 1 fully saturated rings. The van der Waals surface area contributed by atoms with E-state index in [0.717, 1.165) is 11.1 Å². The Kier molecular flexibility index (Phi) is 5.87. The number of halogens is 1. The van der Waals surface area contributed by atoms with Crippen molar-refractivity contribution in [1.29, 1.82) is 0 Å². The molecule has 1 N–H and O–H groups in total. The van der Waals surface area contributed by atoms with Crippen LogP contribution in [0.1, 0.15) is 61.4 Å². The second-order valence-corrected chi connectivity index (χ2v) is 7.78. The van der Waals surface area contributed by atoms with E-state index in [0.29, 0.717) is 30.0 Å². The molecule has 1 amide bonds. The quantitative estimate of drug-likeness (QED) is 0.436. The fourth-order valence-electron chi connectivity index (χ4n) is 3.71. The monoisotopic (exact) mass is 395 g/mol. The molecule has 1 aliphatic heterocycles. The summed E-state index contributed by atoms with van der Waals surface area (Å²) in [6, 6.07) is 11.2. The van der Waals surface area contributed by atoms with Crippen molar-refractivity contribution < 1.29 is 19.1 Å². The van der Waals surface area contributed by atoms with E-state index in [4.69, 9.17) is 0 Å². The van der Waals surface area contributed by atoms with Gasteiger partial charge in [0.2, 0.25) is 0 Å². The van der Waals surface area contributed by atoms with E-state index >= 15 is 0 Å². The minimum atomic E-state index is -0.712. The standard InChI is InChI=1S/C24H26FNO3/c1-5-12-26-21(17-8-6-16(7-9-17)14(2)3)20(23(28)24(26)29)22(27)18-10-11-19(25)15(4)13-18/h6-11,13-14,21,27H,5,12H2,1-4H3/b22-20-. The molecule has 0 saturated carbocycles. The van der Waals surface area contributed by atoms with Gasteiger partial charge in [-0.1, -0.05) is 45.0 Å². The average Bonchev–Trinajstić information content (AvgIpc) is 2.95. The van der Waals surface area contributed by atoms with Crippen LogP contribution in [0.4, 0.5) is 4.39 Å². The Morgan fingerprint density at radius 1 is 1.14 bits per heavy atom. The van der Waals surface area contributed by atoms with Gasteiger partial charge in [-0.3, -0.25) is 9.59 Å². The zero-order chi connectivity index (χ0) is 21.3. The Hall–Kier alpha value is -2.95. The van der Waals surface area contributed by atoms with Crippen molar-refractivity contribution in [2.45, 2.75) is 46.1 Å². The lowest BCUT2D eigenvalue weighted by Crippen LogP contribution is -2.30. The van der Waals surface area contributed by atoms with Gasteiger partial charge < -0.3 is 10.0 Å². The molecule has 2 aromatic carbocycles. The molecule has 29 heavy (non-hydrogen) atoms. The van der Waals surface area contributed by atoms with E-state index in [-0.39, 0.29) is 11.3 Å². The smallest absolute Gasteiger partial charge is 0.295 e. The maximum absolute atomic E-state index is 13.7. The molecule has 0 bridgehead atoms. The summed E-state index contributed by atoms with van der Waals surface area (Å²) in [6.45, 7) is 8.11. The number of rotatable bonds is 5. The molecular formula is C24H26FNO3. The van der Waals surface area contributed by atoms with E-state index in [2.05, 4.69) is 13.8 Å². The van der Waals surface area contributed by atoms with Crippen molar-refractivity contribution in [2.24, 2.45) is 0 Å². The van der Waals surface area contributed by atoms with Gasteiger partial charge >= 0.3 is 0 Å². The molecule has 3 rings (SSSR count). The summed E-state index contributed by atoms with van der Waals surface area (Å²) in [5, 5.41) is 10.9. The lowest BCUT2D eigenvalue weighted by molar-refractivity contribution is -0.139. The summed E-state index contributed by atoms with van der Waals surface area (Å²) < 4.78 is 13.7. The molecule has 5 heteroatoms. The van der Waals surface area contributed by atoms with Crippen LogP contribution in [0.25, 0.3) is 5.76 Å². The van der Waals surface area contributed by atoms with Gasteiger partial charge in [-0.05, 0) is 54.2 Å². The van der Waals surface area contributed by atoms with Crippen LogP contribution >= 0.6 is 0 Å². The van der Waals surface area contributed by atoms with Crippen molar-refractivity contribution in [3.63, 3.8) is 0 Å². The number of nitrogens with zero attached hydrogens (tertiary/aromatic N) is 1. The predicted octanol–water partition coefficient (Wildman–Crippen LogP) is 5.09. The van der Waals surface area contributed by atoms with Crippen LogP contribution in [0.15, 0.2) is 48.0 Å². The summed E-state index contributed by atoms with van der Waals surface area (Å²) >= 11 is 0. The Labute approximate surface area is 170 Å². The van der Waals surface area contributed by atoms with Gasteiger partial charge in [0.1, 0.15) is 11.6 Å². The number of ketones is 1. The summed E-state index contributed by atoms with van der Waals surface area (Å²) in [7, 11) is 0. The number of aliphatic hydroxyl groups is 1. The number of amides is 1. The Bertz CT molecular complexity index is 976. The molecule has 1 unspecified atom stereocenters. The van der Waals surface area contributed by atoms with Gasteiger partial charge in [0.05, 0.1) is 11.6 Å². The van der Waals surface area contributed by atoms with E-state index in [9.17, 15) is 19.1 Å². The first-order valence-corrected chi connectivity index (χ1v) is 9.91. The Morgan fingerprint density at radius 3 is 2.34 bits per heavy atom. The van der Waals surface area contributed by atoms with Crippen LogP contribution in [0.3, 0.4) is 0 Å². The van der Waals surface area contributed by atoms with E-state index < -0.39 is 23.5 Å². The fraction of sp³-hybridized carbons (Fsp3) is 0.333. The SMILES string of the molecule is CCCN1C(=O)C(=O)/C(=C(\O)c2ccc(F)c(C)c2)C1c1ccc(C(C)C)cc1. The molecule has 152 valence electrons. The molecule has 0 radical (unpaired) electrons. The van der Waals surface area contributed by atoms with Crippen molar-refractivity contribution >= 4 is 17.4 Å². The number of carbonyl (C=O) groups excluding carboxylic acids is 2. The van der Waals surface area contributed by atoms with Crippen molar-refractivity contribution in [2.75, 3.05) is 6.54 Å². The normalized spacial score (nSPS) is 18.7. The highest BCUT2D eigenvalue weighted by Crippen LogP contribution is 2.39. The van der Waals surface area contributed by atoms with Crippen LogP contribution < -0.4 is 0 Å². The predicted molar refractivity (Wildman–Crippen MR) is 111 cm³/mol. The first-order valence-electron chi connectivity index (χ1n) is 9.91. The van der Waals surface area contributed by atoms with Crippen LogP contribution in [-0.2, 0) is 9.59 Å². The first kappa shape index (κ1) is 20.8. The van der Waals surface area contributed by atoms with E-state index in [1.165, 1.54) is 23.1 Å². The topological polar surface area (TPSA) is 57.6 Å². The first-order chi connectivity index (χ1) is 13.8. The molecule has 0 aromatic heterocycles. The van der Waals surface area contributed by atoms with Gasteiger partial charge in [-0.15, -0.1) is 0 Å². The zero-order valence-corrected chi connectivity index (χ0v) is 17.2. The van der Waals surface area contributed by atoms with Gasteiger partial charge in [0.15, 0.2) is 0 Å². The maximum Gasteiger partial charge on any atom is 0.295 e.